The molecule has 0 amide bonds. The minimum absolute atomic E-state index is 0.393. The van der Waals surface area contributed by atoms with Crippen LogP contribution in [-0.4, -0.2) is 39.4 Å². The van der Waals surface area contributed by atoms with Crippen molar-refractivity contribution in [2.45, 2.75) is 0 Å². The van der Waals surface area contributed by atoms with Gasteiger partial charge in [0, 0.05) is 25.3 Å². The molecule has 0 aliphatic carbocycles. The van der Waals surface area contributed by atoms with E-state index in [0.29, 0.717) is 17.5 Å². The zero-order valence-corrected chi connectivity index (χ0v) is 10.5. The van der Waals surface area contributed by atoms with E-state index in [-0.39, 0.29) is 0 Å². The lowest BCUT2D eigenvalue weighted by atomic mass is 10.2. The molecule has 0 radical (unpaired) electrons. The van der Waals surface area contributed by atoms with Crippen molar-refractivity contribution in [3.8, 4) is 23.1 Å². The Balaban J connectivity index is 1.90. The summed E-state index contributed by atoms with van der Waals surface area (Å²) in [7, 11) is 3.98. The molecular weight excluding hydrogens is 244 g/mol. The van der Waals surface area contributed by atoms with E-state index in [4.69, 9.17) is 4.52 Å². The highest BCUT2D eigenvalue weighted by Gasteiger charge is 2.12. The predicted octanol–water partition coefficient (Wildman–Crippen LogP) is 1.59. The van der Waals surface area contributed by atoms with E-state index in [2.05, 4.69) is 25.3 Å². The highest BCUT2D eigenvalue weighted by molar-refractivity contribution is 5.60. The largest absolute Gasteiger partial charge is 0.378 e. The zero-order valence-electron chi connectivity index (χ0n) is 10.5. The third-order valence-corrected chi connectivity index (χ3v) is 2.68. The standard InChI is InChI=1S/C12H12N6O/c1-18(2)9-5-3-8(4-6-9)12-15-11(17-19-12)10-13-7-14-16-10/h3-7H,1-2H3,(H,13,14,16). The topological polar surface area (TPSA) is 83.7 Å². The highest BCUT2D eigenvalue weighted by Crippen LogP contribution is 2.22. The summed E-state index contributed by atoms with van der Waals surface area (Å²) in [6, 6.07) is 7.86. The zero-order chi connectivity index (χ0) is 13.2. The molecule has 1 aromatic carbocycles. The third-order valence-electron chi connectivity index (χ3n) is 2.68. The molecule has 0 fully saturated rings. The summed E-state index contributed by atoms with van der Waals surface area (Å²) >= 11 is 0. The van der Waals surface area contributed by atoms with Crippen molar-refractivity contribution in [3.05, 3.63) is 30.6 Å². The molecule has 3 aromatic rings. The van der Waals surface area contributed by atoms with Crippen LogP contribution >= 0.6 is 0 Å². The number of benzene rings is 1. The number of anilines is 1. The Morgan fingerprint density at radius 3 is 2.58 bits per heavy atom. The molecule has 2 heterocycles. The van der Waals surface area contributed by atoms with Gasteiger partial charge in [0.2, 0.25) is 5.82 Å². The summed E-state index contributed by atoms with van der Waals surface area (Å²) in [5, 5.41) is 10.3. The molecular formula is C12H12N6O. The SMILES string of the molecule is CN(C)c1ccc(-c2nc(-c3ncn[nH]3)no2)cc1. The number of aromatic amines is 1. The van der Waals surface area contributed by atoms with Gasteiger partial charge in [0.25, 0.3) is 5.89 Å². The molecule has 0 bridgehead atoms. The fraction of sp³-hybridized carbons (Fsp3) is 0.167. The summed E-state index contributed by atoms with van der Waals surface area (Å²) in [5.41, 5.74) is 1.97. The molecule has 0 saturated heterocycles. The van der Waals surface area contributed by atoms with E-state index in [1.54, 1.807) is 0 Å². The summed E-state index contributed by atoms with van der Waals surface area (Å²) in [6.45, 7) is 0. The van der Waals surface area contributed by atoms with Gasteiger partial charge in [0.15, 0.2) is 5.82 Å². The van der Waals surface area contributed by atoms with Gasteiger partial charge in [0.05, 0.1) is 0 Å². The van der Waals surface area contributed by atoms with Crippen LogP contribution < -0.4 is 4.90 Å². The van der Waals surface area contributed by atoms with Gasteiger partial charge in [-0.1, -0.05) is 5.16 Å². The molecule has 0 aliphatic heterocycles. The van der Waals surface area contributed by atoms with Crippen LogP contribution in [0, 0.1) is 0 Å². The maximum Gasteiger partial charge on any atom is 0.258 e. The molecule has 0 aliphatic rings. The Bertz CT molecular complexity index is 656. The quantitative estimate of drug-likeness (QED) is 0.766. The van der Waals surface area contributed by atoms with Crippen LogP contribution in [0.15, 0.2) is 35.1 Å². The van der Waals surface area contributed by atoms with Crippen LogP contribution in [0.2, 0.25) is 0 Å². The number of hydrogen-bond donors (Lipinski definition) is 1. The van der Waals surface area contributed by atoms with Gasteiger partial charge in [-0.05, 0) is 24.3 Å². The molecule has 7 nitrogen and oxygen atoms in total. The van der Waals surface area contributed by atoms with E-state index < -0.39 is 0 Å². The number of rotatable bonds is 3. The lowest BCUT2D eigenvalue weighted by molar-refractivity contribution is 0.432. The maximum atomic E-state index is 5.21. The lowest BCUT2D eigenvalue weighted by Gasteiger charge is -2.11. The minimum atomic E-state index is 0.393. The van der Waals surface area contributed by atoms with Crippen molar-refractivity contribution in [1.29, 1.82) is 0 Å². The summed E-state index contributed by atoms with van der Waals surface area (Å²) in [6.07, 6.45) is 1.40. The van der Waals surface area contributed by atoms with Crippen LogP contribution in [0.1, 0.15) is 0 Å². The molecule has 1 N–H and O–H groups in total. The number of hydrogen-bond acceptors (Lipinski definition) is 6. The first kappa shape index (κ1) is 11.4. The Labute approximate surface area is 109 Å². The monoisotopic (exact) mass is 256 g/mol. The first-order chi connectivity index (χ1) is 9.24. The van der Waals surface area contributed by atoms with Crippen LogP contribution in [0.3, 0.4) is 0 Å². The van der Waals surface area contributed by atoms with Gasteiger partial charge in [-0.2, -0.15) is 10.1 Å². The average molecular weight is 256 g/mol. The Morgan fingerprint density at radius 2 is 1.95 bits per heavy atom. The fourth-order valence-electron chi connectivity index (χ4n) is 1.65. The number of nitrogens with zero attached hydrogens (tertiary/aromatic N) is 5. The number of aromatic nitrogens is 5. The first-order valence-electron chi connectivity index (χ1n) is 5.71. The van der Waals surface area contributed by atoms with Crippen molar-refractivity contribution in [2.75, 3.05) is 19.0 Å². The maximum absolute atomic E-state index is 5.21. The van der Waals surface area contributed by atoms with Crippen molar-refractivity contribution >= 4 is 5.69 Å². The molecule has 3 rings (SSSR count). The molecule has 0 saturated carbocycles. The van der Waals surface area contributed by atoms with Crippen molar-refractivity contribution < 1.29 is 4.52 Å². The van der Waals surface area contributed by atoms with Gasteiger partial charge in [-0.15, -0.1) is 0 Å². The number of H-pyrrole nitrogens is 1. The van der Waals surface area contributed by atoms with Crippen molar-refractivity contribution in [1.82, 2.24) is 25.3 Å². The predicted molar refractivity (Wildman–Crippen MR) is 69.4 cm³/mol. The molecule has 96 valence electrons. The lowest BCUT2D eigenvalue weighted by Crippen LogP contribution is -2.07. The summed E-state index contributed by atoms with van der Waals surface area (Å²) < 4.78 is 5.21. The second kappa shape index (κ2) is 4.52. The van der Waals surface area contributed by atoms with Gasteiger partial charge in [-0.3, -0.25) is 5.10 Å². The van der Waals surface area contributed by atoms with Crippen molar-refractivity contribution in [2.24, 2.45) is 0 Å². The third kappa shape index (κ3) is 2.17. The molecule has 0 spiro atoms. The van der Waals surface area contributed by atoms with E-state index >= 15 is 0 Å². The van der Waals surface area contributed by atoms with Gasteiger partial charge in [0.1, 0.15) is 6.33 Å². The van der Waals surface area contributed by atoms with E-state index in [9.17, 15) is 0 Å². The Morgan fingerprint density at radius 1 is 1.16 bits per heavy atom. The van der Waals surface area contributed by atoms with Crippen LogP contribution in [0.5, 0.6) is 0 Å². The number of nitrogens with one attached hydrogen (secondary N) is 1. The van der Waals surface area contributed by atoms with Gasteiger partial charge >= 0.3 is 0 Å². The van der Waals surface area contributed by atoms with E-state index in [1.165, 1.54) is 6.33 Å². The van der Waals surface area contributed by atoms with E-state index in [0.717, 1.165) is 11.3 Å². The van der Waals surface area contributed by atoms with E-state index in [1.807, 2.05) is 43.3 Å². The fourth-order valence-corrected chi connectivity index (χ4v) is 1.65. The van der Waals surface area contributed by atoms with Gasteiger partial charge in [-0.25, -0.2) is 4.98 Å². The molecule has 2 aromatic heterocycles. The Hall–Kier alpha value is -2.70. The molecule has 0 unspecified atom stereocenters. The van der Waals surface area contributed by atoms with Gasteiger partial charge < -0.3 is 9.42 Å². The smallest absolute Gasteiger partial charge is 0.258 e. The highest BCUT2D eigenvalue weighted by atomic mass is 16.5. The van der Waals surface area contributed by atoms with Crippen molar-refractivity contribution in [3.63, 3.8) is 0 Å². The van der Waals surface area contributed by atoms with Crippen LogP contribution in [0.25, 0.3) is 23.1 Å². The Kier molecular flexibility index (Phi) is 2.71. The second-order valence-electron chi connectivity index (χ2n) is 4.20. The van der Waals surface area contributed by atoms with Crippen LogP contribution in [0.4, 0.5) is 5.69 Å². The van der Waals surface area contributed by atoms with Crippen LogP contribution in [-0.2, 0) is 0 Å². The molecule has 0 atom stereocenters. The average Bonchev–Trinajstić information content (AvgIpc) is 3.10. The first-order valence-corrected chi connectivity index (χ1v) is 5.71. The summed E-state index contributed by atoms with van der Waals surface area (Å²) in [5.74, 6) is 1.33. The minimum Gasteiger partial charge on any atom is -0.378 e. The molecule has 19 heavy (non-hydrogen) atoms. The summed E-state index contributed by atoms with van der Waals surface area (Å²) in [4.78, 5) is 10.3. The molecule has 7 heteroatoms. The second-order valence-corrected chi connectivity index (χ2v) is 4.20. The normalized spacial score (nSPS) is 10.6.